The Kier molecular flexibility index (Phi) is 5.10. The molecule has 6 rings (SSSR count). The van der Waals surface area contributed by atoms with Crippen LogP contribution in [0.3, 0.4) is 0 Å². The predicted molar refractivity (Wildman–Crippen MR) is 116 cm³/mol. The lowest BCUT2D eigenvalue weighted by Gasteiger charge is -2.80. The standard InChI is InChI=1S/C25H38N2O4/c28-21-19-7-3-1-5-9-23(19,26-11-15-30-16-12-26)25(21)22(29)20-8-4-2-6-10-24(20,25)27-13-17-31-18-14-27/h19-20H,1-18H2. The summed E-state index contributed by atoms with van der Waals surface area (Å²) in [6, 6.07) is 0. The number of carbonyl (C=O) groups is 2. The molecular weight excluding hydrogens is 392 g/mol. The van der Waals surface area contributed by atoms with Crippen molar-refractivity contribution < 1.29 is 19.1 Å². The molecule has 0 N–H and O–H groups in total. The first-order valence-electron chi connectivity index (χ1n) is 13.0. The van der Waals surface area contributed by atoms with Gasteiger partial charge in [0.25, 0.3) is 0 Å². The van der Waals surface area contributed by atoms with E-state index >= 15 is 0 Å². The van der Waals surface area contributed by atoms with Crippen molar-refractivity contribution in [1.29, 1.82) is 0 Å². The van der Waals surface area contributed by atoms with Gasteiger partial charge in [-0.25, -0.2) is 0 Å². The SMILES string of the molecule is O=C1C2CCCCCC2(N2CCOCC2)C12C(=O)C1CCCCCC12N1CCOCC1. The molecule has 0 bridgehead atoms. The molecule has 2 saturated heterocycles. The van der Waals surface area contributed by atoms with Gasteiger partial charge in [-0.3, -0.25) is 19.4 Å². The fourth-order valence-electron chi connectivity index (χ4n) is 9.13. The molecule has 1 spiro atoms. The van der Waals surface area contributed by atoms with E-state index in [0.717, 1.165) is 104 Å². The number of nitrogens with zero attached hydrogens (tertiary/aromatic N) is 2. The monoisotopic (exact) mass is 430 g/mol. The Morgan fingerprint density at radius 1 is 0.613 bits per heavy atom. The molecule has 172 valence electrons. The lowest BCUT2D eigenvalue weighted by Crippen LogP contribution is -2.96. The van der Waals surface area contributed by atoms with Crippen molar-refractivity contribution in [2.24, 2.45) is 17.3 Å². The van der Waals surface area contributed by atoms with Gasteiger partial charge in [0.1, 0.15) is 5.41 Å². The zero-order chi connectivity index (χ0) is 21.1. The van der Waals surface area contributed by atoms with Crippen LogP contribution in [0.5, 0.6) is 0 Å². The van der Waals surface area contributed by atoms with Gasteiger partial charge in [0, 0.05) is 38.0 Å². The third kappa shape index (κ3) is 2.38. The summed E-state index contributed by atoms with van der Waals surface area (Å²) in [5, 5.41) is 0. The molecule has 4 atom stereocenters. The van der Waals surface area contributed by atoms with E-state index in [4.69, 9.17) is 9.47 Å². The Labute approximate surface area is 186 Å². The van der Waals surface area contributed by atoms with Crippen molar-refractivity contribution in [2.75, 3.05) is 52.6 Å². The van der Waals surface area contributed by atoms with Crippen molar-refractivity contribution in [3.05, 3.63) is 0 Å². The first-order chi connectivity index (χ1) is 15.2. The molecule has 2 aliphatic heterocycles. The van der Waals surface area contributed by atoms with Crippen LogP contribution in [0.4, 0.5) is 0 Å². The fraction of sp³-hybridized carbons (Fsp3) is 0.920. The van der Waals surface area contributed by atoms with Gasteiger partial charge in [-0.2, -0.15) is 0 Å². The number of carbonyl (C=O) groups excluding carboxylic acids is 2. The fourth-order valence-corrected chi connectivity index (χ4v) is 9.13. The summed E-state index contributed by atoms with van der Waals surface area (Å²) in [6.45, 7) is 6.35. The molecule has 6 aliphatic rings. The first kappa shape index (κ1) is 20.8. The van der Waals surface area contributed by atoms with Gasteiger partial charge in [0.15, 0.2) is 11.6 Å². The summed E-state index contributed by atoms with van der Waals surface area (Å²) in [4.78, 5) is 33.7. The minimum absolute atomic E-state index is 0.0409. The minimum Gasteiger partial charge on any atom is -0.379 e. The second-order valence-electron chi connectivity index (χ2n) is 10.8. The largest absolute Gasteiger partial charge is 0.379 e. The van der Waals surface area contributed by atoms with Gasteiger partial charge in [-0.05, 0) is 25.7 Å². The maximum absolute atomic E-state index is 14.3. The molecule has 6 heteroatoms. The molecule has 4 unspecified atom stereocenters. The smallest absolute Gasteiger partial charge is 0.155 e. The van der Waals surface area contributed by atoms with E-state index in [1.54, 1.807) is 0 Å². The van der Waals surface area contributed by atoms with Crippen LogP contribution in [0.2, 0.25) is 0 Å². The van der Waals surface area contributed by atoms with E-state index in [1.807, 2.05) is 0 Å². The summed E-state index contributed by atoms with van der Waals surface area (Å²) in [7, 11) is 0. The predicted octanol–water partition coefficient (Wildman–Crippen LogP) is 2.44. The Hall–Kier alpha value is -0.820. The summed E-state index contributed by atoms with van der Waals surface area (Å²) in [6.07, 6.45) is 10.9. The lowest BCUT2D eigenvalue weighted by molar-refractivity contribution is -0.268. The molecular formula is C25H38N2O4. The van der Waals surface area contributed by atoms with E-state index in [0.29, 0.717) is 11.6 Å². The third-order valence-electron chi connectivity index (χ3n) is 10.1. The molecule has 4 aliphatic carbocycles. The zero-order valence-electron chi connectivity index (χ0n) is 18.9. The molecule has 6 fully saturated rings. The van der Waals surface area contributed by atoms with E-state index in [9.17, 15) is 9.59 Å². The number of Topliss-reactive ketones (excluding diaryl/α,β-unsaturated/α-hetero) is 2. The second-order valence-corrected chi connectivity index (χ2v) is 10.8. The van der Waals surface area contributed by atoms with E-state index in [-0.39, 0.29) is 22.9 Å². The maximum atomic E-state index is 14.3. The molecule has 0 aromatic carbocycles. The van der Waals surface area contributed by atoms with Crippen molar-refractivity contribution in [3.8, 4) is 0 Å². The summed E-state index contributed by atoms with van der Waals surface area (Å²) in [5.74, 6) is 0.712. The highest BCUT2D eigenvalue weighted by Crippen LogP contribution is 2.75. The average molecular weight is 431 g/mol. The number of ether oxygens (including phenoxy) is 2. The Bertz CT molecular complexity index is 682. The number of hydrogen-bond acceptors (Lipinski definition) is 6. The molecule has 0 aromatic heterocycles. The highest BCUT2D eigenvalue weighted by atomic mass is 16.5. The highest BCUT2D eigenvalue weighted by Gasteiger charge is 2.90. The molecule has 6 nitrogen and oxygen atoms in total. The van der Waals surface area contributed by atoms with Crippen LogP contribution in [-0.4, -0.2) is 85.1 Å². The number of ketones is 2. The molecule has 2 heterocycles. The average Bonchev–Trinajstić information content (AvgIpc) is 3.14. The normalized spacial score (nSPS) is 47.0. The van der Waals surface area contributed by atoms with Gasteiger partial charge in [-0.1, -0.05) is 38.5 Å². The lowest BCUT2D eigenvalue weighted by atomic mass is 9.27. The van der Waals surface area contributed by atoms with Crippen LogP contribution in [-0.2, 0) is 19.1 Å². The first-order valence-corrected chi connectivity index (χ1v) is 13.0. The van der Waals surface area contributed by atoms with Crippen LogP contribution in [0.25, 0.3) is 0 Å². The van der Waals surface area contributed by atoms with Gasteiger partial charge < -0.3 is 9.47 Å². The van der Waals surface area contributed by atoms with Gasteiger partial charge in [0.05, 0.1) is 37.5 Å². The van der Waals surface area contributed by atoms with Crippen LogP contribution in [0, 0.1) is 17.3 Å². The second kappa shape index (κ2) is 7.61. The summed E-state index contributed by atoms with van der Waals surface area (Å²) >= 11 is 0. The summed E-state index contributed by atoms with van der Waals surface area (Å²) < 4.78 is 11.5. The topological polar surface area (TPSA) is 59.1 Å². The summed E-state index contributed by atoms with van der Waals surface area (Å²) in [5.41, 5.74) is -1.36. The van der Waals surface area contributed by atoms with E-state index < -0.39 is 5.41 Å². The van der Waals surface area contributed by atoms with Crippen molar-refractivity contribution in [2.45, 2.75) is 75.3 Å². The molecule has 31 heavy (non-hydrogen) atoms. The number of fused-ring (bicyclic) bond motifs is 4. The molecule has 0 aromatic rings. The highest BCUT2D eigenvalue weighted by molar-refractivity contribution is 6.22. The van der Waals surface area contributed by atoms with Gasteiger partial charge in [0.2, 0.25) is 0 Å². The van der Waals surface area contributed by atoms with E-state index in [2.05, 4.69) is 9.80 Å². The Balaban J connectivity index is 1.53. The minimum atomic E-state index is -0.807. The molecule has 4 saturated carbocycles. The van der Waals surface area contributed by atoms with Crippen LogP contribution >= 0.6 is 0 Å². The van der Waals surface area contributed by atoms with Crippen molar-refractivity contribution >= 4 is 11.6 Å². The Morgan fingerprint density at radius 3 is 1.45 bits per heavy atom. The van der Waals surface area contributed by atoms with Crippen LogP contribution in [0.15, 0.2) is 0 Å². The third-order valence-corrected chi connectivity index (χ3v) is 10.1. The van der Waals surface area contributed by atoms with Crippen LogP contribution < -0.4 is 0 Å². The zero-order valence-corrected chi connectivity index (χ0v) is 18.9. The number of hydrogen-bond donors (Lipinski definition) is 0. The van der Waals surface area contributed by atoms with Gasteiger partial charge in [-0.15, -0.1) is 0 Å². The van der Waals surface area contributed by atoms with E-state index in [1.165, 1.54) is 12.8 Å². The van der Waals surface area contributed by atoms with Gasteiger partial charge >= 0.3 is 0 Å². The maximum Gasteiger partial charge on any atom is 0.155 e. The number of morpholine rings is 2. The Morgan fingerprint density at radius 2 is 1.03 bits per heavy atom. The van der Waals surface area contributed by atoms with Crippen molar-refractivity contribution in [3.63, 3.8) is 0 Å². The number of rotatable bonds is 2. The quantitative estimate of drug-likeness (QED) is 0.627. The molecule has 0 radical (unpaired) electrons. The van der Waals surface area contributed by atoms with Crippen LogP contribution in [0.1, 0.15) is 64.2 Å². The van der Waals surface area contributed by atoms with Crippen molar-refractivity contribution in [1.82, 2.24) is 9.80 Å². The molecule has 0 amide bonds.